The largest absolute Gasteiger partial charge is 1.00 e. The van der Waals surface area contributed by atoms with Gasteiger partial charge in [-0.15, -0.1) is 17.0 Å². The monoisotopic (exact) mass is 361 g/mol. The number of anilines is 1. The standard InChI is InChI=1S/C9H8N3O2S2.Ag/c10-7-1-3-8(4-2-7)16(13,14)12-9-11-5-6-15-9;/h1-6,10H,(H,11,12);/q-1;+1. The summed E-state index contributed by atoms with van der Waals surface area (Å²) in [5.74, 6) is 0. The topological polar surface area (TPSA) is 82.9 Å². The molecule has 0 radical (unpaired) electrons. The minimum absolute atomic E-state index is 0. The van der Waals surface area contributed by atoms with Crippen LogP contribution in [0.15, 0.2) is 40.7 Å². The molecule has 0 spiro atoms. The third-order valence-corrected chi connectivity index (χ3v) is 3.99. The molecular formula is C9H8AgN3O2S2. The Morgan fingerprint density at radius 3 is 2.41 bits per heavy atom. The van der Waals surface area contributed by atoms with Crippen molar-refractivity contribution >= 4 is 32.2 Å². The van der Waals surface area contributed by atoms with E-state index in [-0.39, 0.29) is 33.0 Å². The van der Waals surface area contributed by atoms with Gasteiger partial charge in [0.15, 0.2) is 5.13 Å². The summed E-state index contributed by atoms with van der Waals surface area (Å²) in [6.45, 7) is 0. The van der Waals surface area contributed by atoms with Gasteiger partial charge in [0.25, 0.3) is 10.0 Å². The summed E-state index contributed by atoms with van der Waals surface area (Å²) in [6, 6.07) is 5.63. The number of nitrogens with one attached hydrogen (secondary N) is 2. The molecule has 5 nitrogen and oxygen atoms in total. The smallest absolute Gasteiger partial charge is 0.699 e. The van der Waals surface area contributed by atoms with Crippen LogP contribution in [0.4, 0.5) is 10.8 Å². The molecule has 2 rings (SSSR count). The van der Waals surface area contributed by atoms with E-state index < -0.39 is 10.0 Å². The van der Waals surface area contributed by atoms with Crippen molar-refractivity contribution in [2.24, 2.45) is 0 Å². The summed E-state index contributed by atoms with van der Waals surface area (Å²) in [4.78, 5) is 3.96. The summed E-state index contributed by atoms with van der Waals surface area (Å²) in [5, 5.41) is 2.01. The maximum atomic E-state index is 11.8. The molecule has 2 N–H and O–H groups in total. The molecule has 0 aliphatic heterocycles. The van der Waals surface area contributed by atoms with Gasteiger partial charge in [-0.1, -0.05) is 12.1 Å². The van der Waals surface area contributed by atoms with E-state index in [1.807, 2.05) is 0 Å². The number of hydrogen-bond acceptors (Lipinski definition) is 4. The Morgan fingerprint density at radius 1 is 1.24 bits per heavy atom. The third-order valence-electron chi connectivity index (χ3n) is 1.82. The molecule has 0 aliphatic rings. The number of rotatable bonds is 3. The fourth-order valence-corrected chi connectivity index (χ4v) is 2.87. The molecular weight excluding hydrogens is 354 g/mol. The molecule has 0 aliphatic carbocycles. The summed E-state index contributed by atoms with van der Waals surface area (Å²) in [7, 11) is -3.59. The van der Waals surface area contributed by atoms with Crippen LogP contribution in [-0.4, -0.2) is 13.4 Å². The Kier molecular flexibility index (Phi) is 4.72. The number of benzene rings is 1. The van der Waals surface area contributed by atoms with E-state index >= 15 is 0 Å². The SMILES string of the molecule is [Ag+].[NH-]c1ccc(S(=O)(=O)Nc2nccs2)cc1. The van der Waals surface area contributed by atoms with E-state index in [9.17, 15) is 8.42 Å². The normalized spacial score (nSPS) is 10.6. The number of hydrogen-bond donors (Lipinski definition) is 1. The fourth-order valence-electron chi connectivity index (χ4n) is 1.08. The zero-order chi connectivity index (χ0) is 11.6. The van der Waals surface area contributed by atoms with Gasteiger partial charge in [0.05, 0.1) is 4.90 Å². The summed E-state index contributed by atoms with van der Waals surface area (Å²) >= 11 is 1.21. The molecule has 0 unspecified atom stereocenters. The second-order valence-corrected chi connectivity index (χ2v) is 5.54. The molecule has 0 saturated heterocycles. The molecule has 0 bridgehead atoms. The fraction of sp³-hybridized carbons (Fsp3) is 0. The van der Waals surface area contributed by atoms with E-state index in [0.29, 0.717) is 5.13 Å². The maximum Gasteiger partial charge on any atom is 1.00 e. The molecule has 1 heterocycles. The van der Waals surface area contributed by atoms with Crippen molar-refractivity contribution in [3.05, 3.63) is 41.6 Å². The summed E-state index contributed by atoms with van der Waals surface area (Å²) in [5.41, 5.74) is 7.54. The van der Waals surface area contributed by atoms with Crippen LogP contribution < -0.4 is 4.72 Å². The van der Waals surface area contributed by atoms with Crippen LogP contribution in [0.1, 0.15) is 0 Å². The Bertz CT molecular complexity index is 567. The number of thiazole rings is 1. The van der Waals surface area contributed by atoms with Gasteiger partial charge in [-0.3, -0.25) is 4.72 Å². The van der Waals surface area contributed by atoms with Crippen molar-refractivity contribution in [2.75, 3.05) is 4.72 Å². The van der Waals surface area contributed by atoms with Crippen molar-refractivity contribution < 1.29 is 30.8 Å². The van der Waals surface area contributed by atoms with E-state index in [4.69, 9.17) is 5.73 Å². The van der Waals surface area contributed by atoms with E-state index in [0.717, 1.165) is 0 Å². The van der Waals surface area contributed by atoms with Gasteiger partial charge in [0, 0.05) is 11.6 Å². The Hall–Kier alpha value is -0.860. The van der Waals surface area contributed by atoms with Gasteiger partial charge in [-0.2, -0.15) is 0 Å². The second kappa shape index (κ2) is 5.65. The van der Waals surface area contributed by atoms with Gasteiger partial charge in [0.2, 0.25) is 0 Å². The Balaban J connectivity index is 0.00000144. The number of aromatic nitrogens is 1. The quantitative estimate of drug-likeness (QED) is 0.852. The first-order chi connectivity index (χ1) is 7.58. The molecule has 94 valence electrons. The average Bonchev–Trinajstić information content (AvgIpc) is 2.70. The first-order valence-electron chi connectivity index (χ1n) is 4.32. The predicted octanol–water partition coefficient (Wildman–Crippen LogP) is 2.63. The van der Waals surface area contributed by atoms with Crippen molar-refractivity contribution in [3.63, 3.8) is 0 Å². The van der Waals surface area contributed by atoms with Crippen LogP contribution >= 0.6 is 11.3 Å². The van der Waals surface area contributed by atoms with E-state index in [2.05, 4.69) is 9.71 Å². The van der Waals surface area contributed by atoms with Gasteiger partial charge < -0.3 is 5.73 Å². The van der Waals surface area contributed by atoms with Crippen LogP contribution in [-0.2, 0) is 32.4 Å². The first kappa shape index (κ1) is 14.2. The van der Waals surface area contributed by atoms with E-state index in [1.165, 1.54) is 41.8 Å². The van der Waals surface area contributed by atoms with Crippen molar-refractivity contribution in [3.8, 4) is 0 Å². The molecule has 2 aromatic rings. The second-order valence-electron chi connectivity index (χ2n) is 2.97. The van der Waals surface area contributed by atoms with Gasteiger partial charge in [0.1, 0.15) is 0 Å². The predicted molar refractivity (Wildman–Crippen MR) is 63.3 cm³/mol. The molecule has 8 heteroatoms. The van der Waals surface area contributed by atoms with Crippen LogP contribution in [0.5, 0.6) is 0 Å². The molecule has 0 amide bonds. The minimum Gasteiger partial charge on any atom is -0.699 e. The molecule has 0 atom stereocenters. The summed E-state index contributed by atoms with van der Waals surface area (Å²) in [6.07, 6.45) is 1.52. The third kappa shape index (κ3) is 3.55. The molecule has 17 heavy (non-hydrogen) atoms. The van der Waals surface area contributed by atoms with Crippen LogP contribution in [0.25, 0.3) is 5.73 Å². The van der Waals surface area contributed by atoms with Crippen LogP contribution in [0.2, 0.25) is 0 Å². The van der Waals surface area contributed by atoms with Gasteiger partial charge >= 0.3 is 22.4 Å². The zero-order valence-corrected chi connectivity index (χ0v) is 11.5. The zero-order valence-electron chi connectivity index (χ0n) is 8.35. The van der Waals surface area contributed by atoms with E-state index in [1.54, 1.807) is 5.38 Å². The van der Waals surface area contributed by atoms with Crippen LogP contribution in [0, 0.1) is 0 Å². The van der Waals surface area contributed by atoms with Gasteiger partial charge in [-0.25, -0.2) is 13.4 Å². The Labute approximate surface area is 119 Å². The van der Waals surface area contributed by atoms with Crippen molar-refractivity contribution in [2.45, 2.75) is 4.90 Å². The van der Waals surface area contributed by atoms with Crippen molar-refractivity contribution in [1.29, 1.82) is 0 Å². The van der Waals surface area contributed by atoms with Gasteiger partial charge in [-0.05, 0) is 12.1 Å². The first-order valence-corrected chi connectivity index (χ1v) is 6.68. The van der Waals surface area contributed by atoms with Crippen LogP contribution in [0.3, 0.4) is 0 Å². The number of nitrogens with zero attached hydrogens (tertiary/aromatic N) is 1. The molecule has 1 aromatic carbocycles. The molecule has 1 aromatic heterocycles. The average molecular weight is 362 g/mol. The maximum absolute atomic E-state index is 11.8. The molecule has 0 saturated carbocycles. The Morgan fingerprint density at radius 2 is 1.88 bits per heavy atom. The number of sulfonamides is 1. The molecule has 0 fully saturated rings. The summed E-state index contributed by atoms with van der Waals surface area (Å²) < 4.78 is 26.0. The minimum atomic E-state index is -3.59. The van der Waals surface area contributed by atoms with Crippen molar-refractivity contribution in [1.82, 2.24) is 4.98 Å².